The average molecular weight is 264 g/mol. The fourth-order valence-electron chi connectivity index (χ4n) is 2.94. The first-order valence-electron chi connectivity index (χ1n) is 6.32. The van der Waals surface area contributed by atoms with Gasteiger partial charge in [0.05, 0.1) is 6.54 Å². The van der Waals surface area contributed by atoms with E-state index < -0.39 is 5.54 Å². The number of nitrogens with zero attached hydrogens (tertiary/aromatic N) is 1. The Morgan fingerprint density at radius 2 is 2.11 bits per heavy atom. The molecule has 1 aliphatic carbocycles. The maximum Gasteiger partial charge on any atom is 0.249 e. The fourth-order valence-corrected chi connectivity index (χ4v) is 3.66. The Morgan fingerprint density at radius 1 is 1.33 bits per heavy atom. The van der Waals surface area contributed by atoms with E-state index in [0.717, 1.165) is 30.6 Å². The predicted octanol–water partition coefficient (Wildman–Crippen LogP) is 1.52. The number of rotatable bonds is 2. The number of carbonyl (C=O) groups excluding carboxylic acids is 2. The zero-order chi connectivity index (χ0) is 12.6. The molecule has 18 heavy (non-hydrogen) atoms. The van der Waals surface area contributed by atoms with Gasteiger partial charge >= 0.3 is 0 Å². The van der Waals surface area contributed by atoms with Gasteiger partial charge in [-0.25, -0.2) is 0 Å². The molecule has 2 aliphatic rings. The molecule has 1 spiro atoms. The van der Waals surface area contributed by atoms with Crippen LogP contribution in [0.5, 0.6) is 0 Å². The molecule has 0 atom stereocenters. The topological polar surface area (TPSA) is 49.4 Å². The van der Waals surface area contributed by atoms with Gasteiger partial charge in [0.25, 0.3) is 0 Å². The van der Waals surface area contributed by atoms with Crippen LogP contribution in [0, 0.1) is 0 Å². The summed E-state index contributed by atoms with van der Waals surface area (Å²) in [5.74, 6) is 0.0843. The minimum absolute atomic E-state index is 0.0203. The quantitative estimate of drug-likeness (QED) is 0.880. The molecule has 4 nitrogen and oxygen atoms in total. The summed E-state index contributed by atoms with van der Waals surface area (Å²) in [5.41, 5.74) is -0.591. The molecule has 1 aliphatic heterocycles. The van der Waals surface area contributed by atoms with Gasteiger partial charge in [0.1, 0.15) is 12.1 Å². The summed E-state index contributed by atoms with van der Waals surface area (Å²) in [6.45, 7) is 0.754. The van der Waals surface area contributed by atoms with Crippen LogP contribution in [0.25, 0.3) is 0 Å². The lowest BCUT2D eigenvalue weighted by Crippen LogP contribution is -2.65. The van der Waals surface area contributed by atoms with E-state index in [1.165, 1.54) is 0 Å². The standard InChI is InChI=1S/C13H16N2O2S/c16-11-9-15(8-10-4-3-7-18-10)12(17)13(14-11)5-1-2-6-13/h3-4,7H,1-2,5-6,8-9H2,(H,14,16). The Morgan fingerprint density at radius 3 is 2.78 bits per heavy atom. The Kier molecular flexibility index (Phi) is 2.86. The van der Waals surface area contributed by atoms with Crippen molar-refractivity contribution < 1.29 is 9.59 Å². The molecular weight excluding hydrogens is 248 g/mol. The number of hydrogen-bond acceptors (Lipinski definition) is 3. The van der Waals surface area contributed by atoms with Crippen LogP contribution in [0.3, 0.4) is 0 Å². The number of amides is 2. The van der Waals surface area contributed by atoms with Gasteiger partial charge in [-0.2, -0.15) is 0 Å². The summed E-state index contributed by atoms with van der Waals surface area (Å²) in [7, 11) is 0. The van der Waals surface area contributed by atoms with Crippen LogP contribution in [0.1, 0.15) is 30.6 Å². The summed E-state index contributed by atoms with van der Waals surface area (Å²) in [4.78, 5) is 27.2. The Balaban J connectivity index is 1.81. The lowest BCUT2D eigenvalue weighted by atomic mass is 9.93. The average Bonchev–Trinajstić information content (AvgIpc) is 2.97. The van der Waals surface area contributed by atoms with E-state index in [2.05, 4.69) is 5.32 Å². The number of carbonyl (C=O) groups is 2. The second kappa shape index (κ2) is 4.39. The first kappa shape index (κ1) is 11.7. The normalized spacial score (nSPS) is 22.6. The van der Waals surface area contributed by atoms with Crippen LogP contribution in [0.4, 0.5) is 0 Å². The monoisotopic (exact) mass is 264 g/mol. The summed E-state index contributed by atoms with van der Waals surface area (Å²) in [6.07, 6.45) is 3.63. The molecule has 2 amide bonds. The Hall–Kier alpha value is -1.36. The van der Waals surface area contributed by atoms with Crippen LogP contribution in [-0.4, -0.2) is 28.8 Å². The fraction of sp³-hybridized carbons (Fsp3) is 0.538. The lowest BCUT2D eigenvalue weighted by molar-refractivity contribution is -0.150. The minimum Gasteiger partial charge on any atom is -0.340 e. The molecule has 1 saturated heterocycles. The van der Waals surface area contributed by atoms with Gasteiger partial charge in [-0.3, -0.25) is 9.59 Å². The zero-order valence-electron chi connectivity index (χ0n) is 10.1. The molecule has 1 N–H and O–H groups in total. The van der Waals surface area contributed by atoms with Crippen LogP contribution >= 0.6 is 11.3 Å². The molecular formula is C13H16N2O2S. The Labute approximate surface area is 110 Å². The first-order chi connectivity index (χ1) is 8.70. The zero-order valence-corrected chi connectivity index (χ0v) is 11.0. The van der Waals surface area contributed by atoms with Gasteiger partial charge in [0.15, 0.2) is 0 Å². The van der Waals surface area contributed by atoms with Crippen LogP contribution in [-0.2, 0) is 16.1 Å². The van der Waals surface area contributed by atoms with E-state index in [-0.39, 0.29) is 18.4 Å². The summed E-state index contributed by atoms with van der Waals surface area (Å²) in [6, 6.07) is 3.98. The van der Waals surface area contributed by atoms with E-state index in [9.17, 15) is 9.59 Å². The van der Waals surface area contributed by atoms with Crippen molar-refractivity contribution >= 4 is 23.2 Å². The van der Waals surface area contributed by atoms with Crippen LogP contribution in [0.15, 0.2) is 17.5 Å². The third-order valence-corrected chi connectivity index (χ3v) is 4.65. The molecule has 3 rings (SSSR count). The van der Waals surface area contributed by atoms with E-state index >= 15 is 0 Å². The maximum atomic E-state index is 12.5. The smallest absolute Gasteiger partial charge is 0.249 e. The molecule has 1 saturated carbocycles. The highest BCUT2D eigenvalue weighted by molar-refractivity contribution is 7.09. The molecule has 1 aromatic rings. The Bertz CT molecular complexity index is 463. The molecule has 2 heterocycles. The second-order valence-corrected chi connectivity index (χ2v) is 6.11. The molecule has 5 heteroatoms. The van der Waals surface area contributed by atoms with Gasteiger partial charge < -0.3 is 10.2 Å². The van der Waals surface area contributed by atoms with Crippen molar-refractivity contribution in [1.82, 2.24) is 10.2 Å². The highest BCUT2D eigenvalue weighted by atomic mass is 32.1. The van der Waals surface area contributed by atoms with Crippen molar-refractivity contribution in [2.45, 2.75) is 37.8 Å². The van der Waals surface area contributed by atoms with Crippen molar-refractivity contribution in [3.63, 3.8) is 0 Å². The first-order valence-corrected chi connectivity index (χ1v) is 7.20. The van der Waals surface area contributed by atoms with Crippen molar-refractivity contribution in [2.75, 3.05) is 6.54 Å². The van der Waals surface area contributed by atoms with E-state index in [1.54, 1.807) is 16.2 Å². The van der Waals surface area contributed by atoms with Crippen molar-refractivity contribution in [1.29, 1.82) is 0 Å². The van der Waals surface area contributed by atoms with E-state index in [0.29, 0.717) is 6.54 Å². The van der Waals surface area contributed by atoms with Gasteiger partial charge in [0, 0.05) is 4.88 Å². The lowest BCUT2D eigenvalue weighted by Gasteiger charge is -2.39. The summed E-state index contributed by atoms with van der Waals surface area (Å²) >= 11 is 1.63. The SMILES string of the molecule is O=C1CN(Cc2cccs2)C(=O)C2(CCCC2)N1. The van der Waals surface area contributed by atoms with Crippen molar-refractivity contribution in [3.05, 3.63) is 22.4 Å². The van der Waals surface area contributed by atoms with Gasteiger partial charge in [-0.15, -0.1) is 11.3 Å². The van der Waals surface area contributed by atoms with E-state index in [4.69, 9.17) is 0 Å². The molecule has 96 valence electrons. The largest absolute Gasteiger partial charge is 0.340 e. The summed E-state index contributed by atoms with van der Waals surface area (Å²) in [5, 5.41) is 4.92. The highest BCUT2D eigenvalue weighted by Crippen LogP contribution is 2.33. The van der Waals surface area contributed by atoms with Gasteiger partial charge in [0.2, 0.25) is 11.8 Å². The second-order valence-electron chi connectivity index (χ2n) is 5.08. The number of nitrogens with one attached hydrogen (secondary N) is 1. The maximum absolute atomic E-state index is 12.5. The minimum atomic E-state index is -0.591. The van der Waals surface area contributed by atoms with Gasteiger partial charge in [-0.1, -0.05) is 18.9 Å². The molecule has 0 radical (unpaired) electrons. The highest BCUT2D eigenvalue weighted by Gasteiger charge is 2.48. The van der Waals surface area contributed by atoms with Crippen molar-refractivity contribution in [2.24, 2.45) is 0 Å². The molecule has 2 fully saturated rings. The van der Waals surface area contributed by atoms with Gasteiger partial charge in [-0.05, 0) is 24.3 Å². The third-order valence-electron chi connectivity index (χ3n) is 3.79. The van der Waals surface area contributed by atoms with Crippen LogP contribution < -0.4 is 5.32 Å². The molecule has 0 unspecified atom stereocenters. The number of thiophene rings is 1. The summed E-state index contributed by atoms with van der Waals surface area (Å²) < 4.78 is 0. The van der Waals surface area contributed by atoms with E-state index in [1.807, 2.05) is 17.5 Å². The molecule has 1 aromatic heterocycles. The number of piperazine rings is 1. The van der Waals surface area contributed by atoms with Crippen LogP contribution in [0.2, 0.25) is 0 Å². The third kappa shape index (κ3) is 1.92. The molecule has 0 aromatic carbocycles. The number of hydrogen-bond donors (Lipinski definition) is 1. The molecule has 0 bridgehead atoms. The predicted molar refractivity (Wildman–Crippen MR) is 69.1 cm³/mol. The van der Waals surface area contributed by atoms with Crippen molar-refractivity contribution in [3.8, 4) is 0 Å².